The van der Waals surface area contributed by atoms with Gasteiger partial charge in [0.05, 0.1) is 0 Å². The van der Waals surface area contributed by atoms with Crippen molar-refractivity contribution in [3.8, 4) is 11.4 Å². The van der Waals surface area contributed by atoms with Crippen LogP contribution in [-0.4, -0.2) is 27.0 Å². The molecular formula is C19H18N4O. The molecule has 3 heterocycles. The first kappa shape index (κ1) is 14.6. The predicted molar refractivity (Wildman–Crippen MR) is 92.6 cm³/mol. The number of para-hydroxylation sites is 1. The standard InChI is InChI=1S/C19H18N4O/c24-18(23-12-3-5-15-4-1-2-6-17(15)23)14-22-13-11-21-19(22)16-7-9-20-10-8-16/h1-2,4,6-11,13H,3,5,12,14H2. The van der Waals surface area contributed by atoms with E-state index in [1.54, 1.807) is 18.6 Å². The molecule has 0 aliphatic carbocycles. The number of anilines is 1. The number of aryl methyl sites for hydroxylation is 1. The molecule has 1 amide bonds. The molecule has 0 unspecified atom stereocenters. The maximum Gasteiger partial charge on any atom is 0.246 e. The molecule has 0 bridgehead atoms. The first-order valence-electron chi connectivity index (χ1n) is 8.13. The lowest BCUT2D eigenvalue weighted by Crippen LogP contribution is -2.37. The number of aromatic nitrogens is 3. The van der Waals surface area contributed by atoms with Crippen LogP contribution in [0.2, 0.25) is 0 Å². The maximum absolute atomic E-state index is 12.9. The average molecular weight is 318 g/mol. The molecule has 0 radical (unpaired) electrons. The molecule has 0 N–H and O–H groups in total. The quantitative estimate of drug-likeness (QED) is 0.746. The number of hydrogen-bond acceptors (Lipinski definition) is 3. The second kappa shape index (κ2) is 6.28. The molecular weight excluding hydrogens is 300 g/mol. The van der Waals surface area contributed by atoms with E-state index < -0.39 is 0 Å². The van der Waals surface area contributed by atoms with E-state index in [0.29, 0.717) is 0 Å². The molecule has 24 heavy (non-hydrogen) atoms. The van der Waals surface area contributed by atoms with Gasteiger partial charge in [-0.3, -0.25) is 9.78 Å². The maximum atomic E-state index is 12.9. The summed E-state index contributed by atoms with van der Waals surface area (Å²) < 4.78 is 1.90. The first-order valence-corrected chi connectivity index (χ1v) is 8.13. The van der Waals surface area contributed by atoms with E-state index >= 15 is 0 Å². The highest BCUT2D eigenvalue weighted by Gasteiger charge is 2.22. The summed E-state index contributed by atoms with van der Waals surface area (Å²) >= 11 is 0. The smallest absolute Gasteiger partial charge is 0.246 e. The Bertz CT molecular complexity index is 857. The molecule has 1 aromatic carbocycles. The number of pyridine rings is 1. The number of amides is 1. The largest absolute Gasteiger partial charge is 0.322 e. The summed E-state index contributed by atoms with van der Waals surface area (Å²) in [5, 5.41) is 0. The lowest BCUT2D eigenvalue weighted by Gasteiger charge is -2.29. The Morgan fingerprint density at radius 1 is 1.08 bits per heavy atom. The van der Waals surface area contributed by atoms with E-state index in [1.807, 2.05) is 46.0 Å². The molecule has 0 saturated carbocycles. The summed E-state index contributed by atoms with van der Waals surface area (Å²) in [5.74, 6) is 0.881. The topological polar surface area (TPSA) is 51.0 Å². The van der Waals surface area contributed by atoms with Gasteiger partial charge in [-0.15, -0.1) is 0 Å². The number of fused-ring (bicyclic) bond motifs is 1. The average Bonchev–Trinajstić information content (AvgIpc) is 3.10. The fourth-order valence-corrected chi connectivity index (χ4v) is 3.22. The third-order valence-electron chi connectivity index (χ3n) is 4.37. The van der Waals surface area contributed by atoms with Crippen LogP contribution in [0.3, 0.4) is 0 Å². The van der Waals surface area contributed by atoms with Crippen molar-refractivity contribution < 1.29 is 4.79 Å². The van der Waals surface area contributed by atoms with Gasteiger partial charge < -0.3 is 9.47 Å². The molecule has 5 heteroatoms. The van der Waals surface area contributed by atoms with Crippen LogP contribution in [0.1, 0.15) is 12.0 Å². The second-order valence-electron chi connectivity index (χ2n) is 5.89. The van der Waals surface area contributed by atoms with Crippen molar-refractivity contribution in [2.45, 2.75) is 19.4 Å². The van der Waals surface area contributed by atoms with Gasteiger partial charge in [-0.25, -0.2) is 4.98 Å². The van der Waals surface area contributed by atoms with E-state index in [2.05, 4.69) is 16.0 Å². The highest BCUT2D eigenvalue weighted by atomic mass is 16.2. The van der Waals surface area contributed by atoms with Crippen LogP contribution in [0, 0.1) is 0 Å². The zero-order valence-electron chi connectivity index (χ0n) is 13.3. The number of carbonyl (C=O) groups is 1. The van der Waals surface area contributed by atoms with Gasteiger partial charge in [0.1, 0.15) is 12.4 Å². The van der Waals surface area contributed by atoms with Crippen LogP contribution >= 0.6 is 0 Å². The number of hydrogen-bond donors (Lipinski definition) is 0. The van der Waals surface area contributed by atoms with Crippen LogP contribution < -0.4 is 4.90 Å². The van der Waals surface area contributed by atoms with Crippen molar-refractivity contribution in [1.29, 1.82) is 0 Å². The zero-order valence-corrected chi connectivity index (χ0v) is 13.3. The molecule has 1 aliphatic rings. The van der Waals surface area contributed by atoms with Gasteiger partial charge >= 0.3 is 0 Å². The molecule has 1 aliphatic heterocycles. The van der Waals surface area contributed by atoms with Gasteiger partial charge in [0.15, 0.2) is 0 Å². The fraction of sp³-hybridized carbons (Fsp3) is 0.211. The molecule has 120 valence electrons. The van der Waals surface area contributed by atoms with Gasteiger partial charge in [0.25, 0.3) is 0 Å². The summed E-state index contributed by atoms with van der Waals surface area (Å²) in [6.45, 7) is 1.06. The van der Waals surface area contributed by atoms with Crippen LogP contribution in [0.5, 0.6) is 0 Å². The molecule has 0 fully saturated rings. The van der Waals surface area contributed by atoms with E-state index in [4.69, 9.17) is 0 Å². The van der Waals surface area contributed by atoms with Crippen LogP contribution in [0.4, 0.5) is 5.69 Å². The fourth-order valence-electron chi connectivity index (χ4n) is 3.22. The van der Waals surface area contributed by atoms with Gasteiger partial charge in [0.2, 0.25) is 5.91 Å². The Balaban J connectivity index is 1.60. The number of imidazole rings is 1. The van der Waals surface area contributed by atoms with Crippen molar-refractivity contribution in [3.05, 3.63) is 66.7 Å². The third-order valence-corrected chi connectivity index (χ3v) is 4.37. The van der Waals surface area contributed by atoms with Gasteiger partial charge in [0, 0.05) is 42.6 Å². The van der Waals surface area contributed by atoms with E-state index in [0.717, 1.165) is 36.5 Å². The van der Waals surface area contributed by atoms with Gasteiger partial charge in [-0.2, -0.15) is 0 Å². The van der Waals surface area contributed by atoms with Crippen LogP contribution in [0.25, 0.3) is 11.4 Å². The molecule has 5 nitrogen and oxygen atoms in total. The van der Waals surface area contributed by atoms with E-state index in [-0.39, 0.29) is 12.5 Å². The summed E-state index contributed by atoms with van der Waals surface area (Å²) in [5.41, 5.74) is 3.25. The minimum atomic E-state index is 0.0930. The summed E-state index contributed by atoms with van der Waals surface area (Å²) in [7, 11) is 0. The SMILES string of the molecule is O=C(Cn1ccnc1-c1ccncc1)N1CCCc2ccccc21. The van der Waals surface area contributed by atoms with Gasteiger partial charge in [-0.05, 0) is 36.6 Å². The number of carbonyl (C=O) groups excluding carboxylic acids is 1. The Kier molecular flexibility index (Phi) is 3.83. The summed E-state index contributed by atoms with van der Waals surface area (Å²) in [6.07, 6.45) is 9.09. The van der Waals surface area contributed by atoms with Crippen LogP contribution in [-0.2, 0) is 17.8 Å². The van der Waals surface area contributed by atoms with E-state index in [9.17, 15) is 4.79 Å². The van der Waals surface area contributed by atoms with Crippen molar-refractivity contribution in [3.63, 3.8) is 0 Å². The number of nitrogens with zero attached hydrogens (tertiary/aromatic N) is 4. The van der Waals surface area contributed by atoms with Crippen molar-refractivity contribution in [1.82, 2.24) is 14.5 Å². The summed E-state index contributed by atoms with van der Waals surface area (Å²) in [6, 6.07) is 12.0. The predicted octanol–water partition coefficient (Wildman–Crippen LogP) is 2.92. The van der Waals surface area contributed by atoms with Gasteiger partial charge in [-0.1, -0.05) is 18.2 Å². The Hall–Kier alpha value is -2.95. The Morgan fingerprint density at radius 3 is 2.79 bits per heavy atom. The van der Waals surface area contributed by atoms with Crippen molar-refractivity contribution in [2.24, 2.45) is 0 Å². The Labute approximate surface area is 140 Å². The molecule has 3 aromatic rings. The monoisotopic (exact) mass is 318 g/mol. The van der Waals surface area contributed by atoms with E-state index in [1.165, 1.54) is 5.56 Å². The lowest BCUT2D eigenvalue weighted by atomic mass is 10.0. The lowest BCUT2D eigenvalue weighted by molar-refractivity contribution is -0.119. The number of benzene rings is 1. The Morgan fingerprint density at radius 2 is 1.92 bits per heavy atom. The minimum absolute atomic E-state index is 0.0930. The molecule has 0 atom stereocenters. The van der Waals surface area contributed by atoms with Crippen LogP contribution in [0.15, 0.2) is 61.2 Å². The molecule has 0 spiro atoms. The second-order valence-corrected chi connectivity index (χ2v) is 5.89. The highest BCUT2D eigenvalue weighted by Crippen LogP contribution is 2.27. The van der Waals surface area contributed by atoms with Crippen molar-refractivity contribution in [2.75, 3.05) is 11.4 Å². The molecule has 2 aromatic heterocycles. The molecule has 4 rings (SSSR count). The third kappa shape index (κ3) is 2.69. The number of rotatable bonds is 3. The molecule has 0 saturated heterocycles. The normalized spacial score (nSPS) is 13.6. The zero-order chi connectivity index (χ0) is 16.4. The highest BCUT2D eigenvalue weighted by molar-refractivity contribution is 5.94. The summed E-state index contributed by atoms with van der Waals surface area (Å²) in [4.78, 5) is 23.2. The first-order chi connectivity index (χ1) is 11.8. The van der Waals surface area contributed by atoms with Crippen molar-refractivity contribution >= 4 is 11.6 Å². The minimum Gasteiger partial charge on any atom is -0.322 e.